The molecular weight excluding hydrogens is 180 g/mol. The van der Waals surface area contributed by atoms with Crippen LogP contribution in [0, 0.1) is 0 Å². The fourth-order valence-electron chi connectivity index (χ4n) is 1.51. The minimum Gasteiger partial charge on any atom is -0.350 e. The van der Waals surface area contributed by atoms with E-state index in [0.717, 1.165) is 11.8 Å². The van der Waals surface area contributed by atoms with Crippen LogP contribution in [0.4, 0.5) is 0 Å². The molecule has 1 saturated heterocycles. The van der Waals surface area contributed by atoms with E-state index in [1.807, 2.05) is 18.2 Å². The molecule has 3 nitrogen and oxygen atoms in total. The Morgan fingerprint density at radius 2 is 2.14 bits per heavy atom. The van der Waals surface area contributed by atoms with Gasteiger partial charge in [-0.05, 0) is 11.6 Å². The molecule has 0 aromatic heterocycles. The average Bonchev–Trinajstić information content (AvgIpc) is 2.71. The molecule has 1 aromatic rings. The Morgan fingerprint density at radius 1 is 1.36 bits per heavy atom. The molecule has 0 bridgehead atoms. The van der Waals surface area contributed by atoms with Gasteiger partial charge in [0.25, 0.3) is 0 Å². The Hall–Kier alpha value is -1.19. The first-order chi connectivity index (χ1) is 6.88. The van der Waals surface area contributed by atoms with E-state index >= 15 is 0 Å². The Morgan fingerprint density at radius 3 is 2.86 bits per heavy atom. The van der Waals surface area contributed by atoms with E-state index < -0.39 is 0 Å². The van der Waals surface area contributed by atoms with Crippen LogP contribution in [0.2, 0.25) is 0 Å². The van der Waals surface area contributed by atoms with Crippen molar-refractivity contribution in [3.63, 3.8) is 0 Å². The van der Waals surface area contributed by atoms with E-state index in [9.17, 15) is 4.79 Å². The Bertz CT molecular complexity index is 316. The number of aldehydes is 1. The van der Waals surface area contributed by atoms with Gasteiger partial charge >= 0.3 is 0 Å². The van der Waals surface area contributed by atoms with Gasteiger partial charge in [-0.25, -0.2) is 0 Å². The summed E-state index contributed by atoms with van der Waals surface area (Å²) >= 11 is 0. The van der Waals surface area contributed by atoms with Crippen molar-refractivity contribution in [2.75, 3.05) is 13.2 Å². The maximum atomic E-state index is 10.5. The van der Waals surface area contributed by atoms with Crippen LogP contribution >= 0.6 is 0 Å². The molecule has 14 heavy (non-hydrogen) atoms. The van der Waals surface area contributed by atoms with Crippen molar-refractivity contribution in [3.05, 3.63) is 35.4 Å². The minimum absolute atomic E-state index is 0.142. The van der Waals surface area contributed by atoms with Gasteiger partial charge < -0.3 is 9.47 Å². The maximum absolute atomic E-state index is 10.5. The van der Waals surface area contributed by atoms with Crippen LogP contribution in [-0.4, -0.2) is 25.8 Å². The molecule has 2 rings (SSSR count). The highest BCUT2D eigenvalue weighted by Gasteiger charge is 2.16. The third-order valence-corrected chi connectivity index (χ3v) is 2.18. The number of ether oxygens (including phenoxy) is 2. The van der Waals surface area contributed by atoms with Crippen molar-refractivity contribution < 1.29 is 14.3 Å². The van der Waals surface area contributed by atoms with Gasteiger partial charge in [0, 0.05) is 12.0 Å². The zero-order valence-corrected chi connectivity index (χ0v) is 7.81. The quantitative estimate of drug-likeness (QED) is 0.679. The SMILES string of the molecule is O=Cc1cccc(CC2OCCO2)c1. The number of rotatable bonds is 3. The summed E-state index contributed by atoms with van der Waals surface area (Å²) in [5.74, 6) is 0. The smallest absolute Gasteiger partial charge is 0.161 e. The zero-order chi connectivity index (χ0) is 9.80. The Labute approximate surface area is 82.6 Å². The molecule has 1 fully saturated rings. The molecule has 0 aliphatic carbocycles. The van der Waals surface area contributed by atoms with Gasteiger partial charge in [0.05, 0.1) is 13.2 Å². The third kappa shape index (κ3) is 2.19. The van der Waals surface area contributed by atoms with Gasteiger partial charge in [0.2, 0.25) is 0 Å². The minimum atomic E-state index is -0.142. The number of hydrogen-bond acceptors (Lipinski definition) is 3. The fraction of sp³-hybridized carbons (Fsp3) is 0.364. The molecule has 0 spiro atoms. The van der Waals surface area contributed by atoms with E-state index in [1.54, 1.807) is 6.07 Å². The van der Waals surface area contributed by atoms with Crippen LogP contribution in [0.25, 0.3) is 0 Å². The van der Waals surface area contributed by atoms with E-state index in [2.05, 4.69) is 0 Å². The van der Waals surface area contributed by atoms with Gasteiger partial charge in [-0.1, -0.05) is 18.2 Å². The molecule has 0 atom stereocenters. The molecular formula is C11H12O3. The first kappa shape index (κ1) is 9.37. The molecule has 1 aliphatic heterocycles. The van der Waals surface area contributed by atoms with Crippen molar-refractivity contribution in [2.45, 2.75) is 12.7 Å². The zero-order valence-electron chi connectivity index (χ0n) is 7.81. The largest absolute Gasteiger partial charge is 0.350 e. The number of carbonyl (C=O) groups is 1. The van der Waals surface area contributed by atoms with E-state index in [0.29, 0.717) is 25.2 Å². The molecule has 0 radical (unpaired) electrons. The van der Waals surface area contributed by atoms with Crippen molar-refractivity contribution in [1.29, 1.82) is 0 Å². The van der Waals surface area contributed by atoms with Crippen LogP contribution in [0.3, 0.4) is 0 Å². The summed E-state index contributed by atoms with van der Waals surface area (Å²) in [5.41, 5.74) is 1.77. The molecule has 1 aromatic carbocycles. The lowest BCUT2D eigenvalue weighted by molar-refractivity contribution is -0.0400. The van der Waals surface area contributed by atoms with Gasteiger partial charge in [-0.2, -0.15) is 0 Å². The van der Waals surface area contributed by atoms with Crippen LogP contribution in [0.1, 0.15) is 15.9 Å². The highest BCUT2D eigenvalue weighted by molar-refractivity contribution is 5.74. The number of hydrogen-bond donors (Lipinski definition) is 0. The van der Waals surface area contributed by atoms with Crippen molar-refractivity contribution in [3.8, 4) is 0 Å². The molecule has 0 saturated carbocycles. The monoisotopic (exact) mass is 192 g/mol. The highest BCUT2D eigenvalue weighted by atomic mass is 16.7. The van der Waals surface area contributed by atoms with Crippen molar-refractivity contribution in [1.82, 2.24) is 0 Å². The summed E-state index contributed by atoms with van der Waals surface area (Å²) in [7, 11) is 0. The summed E-state index contributed by atoms with van der Waals surface area (Å²) < 4.78 is 10.6. The van der Waals surface area contributed by atoms with Gasteiger partial charge in [0.1, 0.15) is 6.29 Å². The standard InChI is InChI=1S/C11H12O3/c12-8-10-3-1-2-9(6-10)7-11-13-4-5-14-11/h1-3,6,8,11H,4-5,7H2. The molecule has 74 valence electrons. The van der Waals surface area contributed by atoms with Gasteiger partial charge in [-0.3, -0.25) is 4.79 Å². The molecule has 0 N–H and O–H groups in total. The van der Waals surface area contributed by atoms with Gasteiger partial charge in [0.15, 0.2) is 6.29 Å². The fourth-order valence-corrected chi connectivity index (χ4v) is 1.51. The van der Waals surface area contributed by atoms with Gasteiger partial charge in [-0.15, -0.1) is 0 Å². The van der Waals surface area contributed by atoms with Crippen molar-refractivity contribution in [2.24, 2.45) is 0 Å². The number of benzene rings is 1. The van der Waals surface area contributed by atoms with E-state index in [-0.39, 0.29) is 6.29 Å². The normalized spacial score (nSPS) is 17.1. The second-order valence-electron chi connectivity index (χ2n) is 3.24. The summed E-state index contributed by atoms with van der Waals surface area (Å²) in [6.45, 7) is 1.33. The van der Waals surface area contributed by atoms with E-state index in [4.69, 9.17) is 9.47 Å². The van der Waals surface area contributed by atoms with Crippen molar-refractivity contribution >= 4 is 6.29 Å². The molecule has 3 heteroatoms. The molecule has 0 amide bonds. The summed E-state index contributed by atoms with van der Waals surface area (Å²) in [5, 5.41) is 0. The lowest BCUT2D eigenvalue weighted by Crippen LogP contribution is -2.11. The van der Waals surface area contributed by atoms with E-state index in [1.165, 1.54) is 0 Å². The second kappa shape index (κ2) is 4.35. The first-order valence-corrected chi connectivity index (χ1v) is 4.66. The lowest BCUT2D eigenvalue weighted by Gasteiger charge is -2.08. The van der Waals surface area contributed by atoms with Crippen LogP contribution in [0.5, 0.6) is 0 Å². The summed E-state index contributed by atoms with van der Waals surface area (Å²) in [6.07, 6.45) is 1.42. The first-order valence-electron chi connectivity index (χ1n) is 4.66. The molecule has 0 unspecified atom stereocenters. The maximum Gasteiger partial charge on any atom is 0.161 e. The lowest BCUT2D eigenvalue weighted by atomic mass is 10.1. The molecule has 1 heterocycles. The van der Waals surface area contributed by atoms with Crippen LogP contribution in [-0.2, 0) is 15.9 Å². The predicted octanol–water partition coefficient (Wildman–Crippen LogP) is 1.41. The highest BCUT2D eigenvalue weighted by Crippen LogP contribution is 2.12. The van der Waals surface area contributed by atoms with Crippen LogP contribution in [0.15, 0.2) is 24.3 Å². The van der Waals surface area contributed by atoms with Crippen LogP contribution < -0.4 is 0 Å². The summed E-state index contributed by atoms with van der Waals surface area (Å²) in [6, 6.07) is 7.48. The summed E-state index contributed by atoms with van der Waals surface area (Å²) in [4.78, 5) is 10.5. The Kier molecular flexibility index (Phi) is 2.91. The second-order valence-corrected chi connectivity index (χ2v) is 3.24. The number of carbonyl (C=O) groups excluding carboxylic acids is 1. The average molecular weight is 192 g/mol. The Balaban J connectivity index is 2.04. The topological polar surface area (TPSA) is 35.5 Å². The third-order valence-electron chi connectivity index (χ3n) is 2.18. The predicted molar refractivity (Wildman–Crippen MR) is 51.2 cm³/mol. The molecule has 1 aliphatic rings.